The van der Waals surface area contributed by atoms with E-state index < -0.39 is 11.8 Å². The van der Waals surface area contributed by atoms with E-state index in [1.54, 1.807) is 12.1 Å². The van der Waals surface area contributed by atoms with Crippen LogP contribution in [-0.2, 0) is 0 Å². The van der Waals surface area contributed by atoms with Gasteiger partial charge in [0.1, 0.15) is 11.6 Å². The van der Waals surface area contributed by atoms with E-state index in [-0.39, 0.29) is 5.56 Å². The quantitative estimate of drug-likeness (QED) is 0.595. The highest BCUT2D eigenvalue weighted by Crippen LogP contribution is 2.21. The summed E-state index contributed by atoms with van der Waals surface area (Å²) in [7, 11) is 0. The van der Waals surface area contributed by atoms with Crippen molar-refractivity contribution in [2.24, 2.45) is 0 Å². The summed E-state index contributed by atoms with van der Waals surface area (Å²) in [4.78, 5) is 11.8. The maximum Gasteiger partial charge on any atom is 0.346 e. The highest BCUT2D eigenvalue weighted by atomic mass is 19.1. The molecule has 2 aromatic rings. The molecule has 0 unspecified atom stereocenters. The van der Waals surface area contributed by atoms with Crippen LogP contribution in [0.5, 0.6) is 5.75 Å². The standard InChI is InChI=1S/C15H13FO2/c1-10-7-8-11(2)14(9-10)18-15(17)12-5-3-4-6-13(12)16/h3-9H,1-2H3. The molecule has 92 valence electrons. The Balaban J connectivity index is 2.27. The molecule has 18 heavy (non-hydrogen) atoms. The van der Waals surface area contributed by atoms with Crippen LogP contribution in [0.1, 0.15) is 21.5 Å². The molecule has 0 aliphatic rings. The second-order valence-electron chi connectivity index (χ2n) is 4.14. The summed E-state index contributed by atoms with van der Waals surface area (Å²) in [5.41, 5.74) is 1.76. The van der Waals surface area contributed by atoms with E-state index in [9.17, 15) is 9.18 Å². The zero-order valence-electron chi connectivity index (χ0n) is 10.2. The number of esters is 1. The van der Waals surface area contributed by atoms with Gasteiger partial charge in [-0.05, 0) is 43.2 Å². The van der Waals surface area contributed by atoms with Gasteiger partial charge >= 0.3 is 5.97 Å². The van der Waals surface area contributed by atoms with E-state index in [0.29, 0.717) is 5.75 Å². The van der Waals surface area contributed by atoms with Crippen LogP contribution in [-0.4, -0.2) is 5.97 Å². The van der Waals surface area contributed by atoms with Crippen molar-refractivity contribution in [2.75, 3.05) is 0 Å². The molecular formula is C15H13FO2. The van der Waals surface area contributed by atoms with Gasteiger partial charge in [-0.15, -0.1) is 0 Å². The predicted octanol–water partition coefficient (Wildman–Crippen LogP) is 3.66. The van der Waals surface area contributed by atoms with Crippen LogP contribution >= 0.6 is 0 Å². The van der Waals surface area contributed by atoms with Gasteiger partial charge < -0.3 is 4.74 Å². The van der Waals surface area contributed by atoms with Gasteiger partial charge in [-0.1, -0.05) is 24.3 Å². The first kappa shape index (κ1) is 12.3. The highest BCUT2D eigenvalue weighted by molar-refractivity contribution is 5.91. The summed E-state index contributed by atoms with van der Waals surface area (Å²) in [6.07, 6.45) is 0. The van der Waals surface area contributed by atoms with E-state index in [0.717, 1.165) is 11.1 Å². The van der Waals surface area contributed by atoms with Gasteiger partial charge in [0.05, 0.1) is 5.56 Å². The predicted molar refractivity (Wildman–Crippen MR) is 67.3 cm³/mol. The molecule has 2 nitrogen and oxygen atoms in total. The molecule has 0 bridgehead atoms. The molecule has 0 saturated carbocycles. The van der Waals surface area contributed by atoms with Crippen molar-refractivity contribution < 1.29 is 13.9 Å². The van der Waals surface area contributed by atoms with Crippen LogP contribution in [0.25, 0.3) is 0 Å². The zero-order chi connectivity index (χ0) is 13.1. The molecule has 0 N–H and O–H groups in total. The minimum atomic E-state index is -0.679. The van der Waals surface area contributed by atoms with E-state index in [4.69, 9.17) is 4.74 Å². The van der Waals surface area contributed by atoms with Crippen LogP contribution in [0, 0.1) is 19.7 Å². The maximum absolute atomic E-state index is 13.4. The SMILES string of the molecule is Cc1ccc(C)c(OC(=O)c2ccccc2F)c1. The van der Waals surface area contributed by atoms with Crippen LogP contribution < -0.4 is 4.74 Å². The van der Waals surface area contributed by atoms with Crippen LogP contribution in [0.3, 0.4) is 0 Å². The first-order valence-electron chi connectivity index (χ1n) is 5.62. The number of rotatable bonds is 2. The van der Waals surface area contributed by atoms with Gasteiger partial charge in [0.15, 0.2) is 0 Å². The van der Waals surface area contributed by atoms with Crippen molar-refractivity contribution in [1.82, 2.24) is 0 Å². The summed E-state index contributed by atoms with van der Waals surface area (Å²) < 4.78 is 18.6. The Hall–Kier alpha value is -2.16. The first-order valence-corrected chi connectivity index (χ1v) is 5.62. The van der Waals surface area contributed by atoms with E-state index in [1.165, 1.54) is 18.2 Å². The lowest BCUT2D eigenvalue weighted by atomic mass is 10.1. The topological polar surface area (TPSA) is 26.3 Å². The molecule has 0 atom stereocenters. The largest absolute Gasteiger partial charge is 0.423 e. The van der Waals surface area contributed by atoms with Gasteiger partial charge in [-0.25, -0.2) is 9.18 Å². The lowest BCUT2D eigenvalue weighted by Gasteiger charge is -2.08. The van der Waals surface area contributed by atoms with E-state index in [1.807, 2.05) is 26.0 Å². The lowest BCUT2D eigenvalue weighted by molar-refractivity contribution is 0.0728. The molecule has 0 fully saturated rings. The summed E-state index contributed by atoms with van der Waals surface area (Å²) in [6.45, 7) is 3.74. The fourth-order valence-electron chi connectivity index (χ4n) is 1.60. The molecular weight excluding hydrogens is 231 g/mol. The fraction of sp³-hybridized carbons (Fsp3) is 0.133. The molecule has 2 rings (SSSR count). The third-order valence-electron chi connectivity index (χ3n) is 2.64. The maximum atomic E-state index is 13.4. The molecule has 0 saturated heterocycles. The highest BCUT2D eigenvalue weighted by Gasteiger charge is 2.14. The van der Waals surface area contributed by atoms with E-state index in [2.05, 4.69) is 0 Å². The van der Waals surface area contributed by atoms with Crippen LogP contribution in [0.2, 0.25) is 0 Å². The molecule has 0 spiro atoms. The molecule has 2 aromatic carbocycles. The number of halogens is 1. The number of ether oxygens (including phenoxy) is 1. The number of hydrogen-bond donors (Lipinski definition) is 0. The van der Waals surface area contributed by atoms with Gasteiger partial charge in [-0.2, -0.15) is 0 Å². The molecule has 3 heteroatoms. The van der Waals surface area contributed by atoms with Crippen molar-refractivity contribution in [3.05, 3.63) is 65.0 Å². The zero-order valence-corrected chi connectivity index (χ0v) is 10.2. The number of carbonyl (C=O) groups excluding carboxylic acids is 1. The Morgan fingerprint density at radius 2 is 1.83 bits per heavy atom. The number of benzene rings is 2. The fourth-order valence-corrected chi connectivity index (χ4v) is 1.60. The number of aryl methyl sites for hydroxylation is 2. The van der Waals surface area contributed by atoms with Crippen molar-refractivity contribution in [3.63, 3.8) is 0 Å². The van der Waals surface area contributed by atoms with Crippen LogP contribution in [0.4, 0.5) is 4.39 Å². The minimum absolute atomic E-state index is 0.0570. The van der Waals surface area contributed by atoms with Crippen molar-refractivity contribution in [1.29, 1.82) is 0 Å². The summed E-state index contributed by atoms with van der Waals surface area (Å²) in [5.74, 6) is -0.794. The monoisotopic (exact) mass is 244 g/mol. The third kappa shape index (κ3) is 2.56. The smallest absolute Gasteiger partial charge is 0.346 e. The van der Waals surface area contributed by atoms with Gasteiger partial charge in [0.2, 0.25) is 0 Å². The van der Waals surface area contributed by atoms with Gasteiger partial charge in [0.25, 0.3) is 0 Å². The molecule has 0 aliphatic heterocycles. The third-order valence-corrected chi connectivity index (χ3v) is 2.64. The Labute approximate surface area is 105 Å². The Morgan fingerprint density at radius 3 is 2.56 bits per heavy atom. The minimum Gasteiger partial charge on any atom is -0.423 e. The molecule has 0 aromatic heterocycles. The van der Waals surface area contributed by atoms with Crippen molar-refractivity contribution in [3.8, 4) is 5.75 Å². The molecule has 0 radical (unpaired) electrons. The second kappa shape index (κ2) is 5.00. The normalized spacial score (nSPS) is 10.2. The number of carbonyl (C=O) groups is 1. The Bertz CT molecular complexity index is 591. The van der Waals surface area contributed by atoms with E-state index >= 15 is 0 Å². The lowest BCUT2D eigenvalue weighted by Crippen LogP contribution is -2.11. The van der Waals surface area contributed by atoms with Gasteiger partial charge in [-0.3, -0.25) is 0 Å². The van der Waals surface area contributed by atoms with Crippen molar-refractivity contribution >= 4 is 5.97 Å². The van der Waals surface area contributed by atoms with Crippen LogP contribution in [0.15, 0.2) is 42.5 Å². The molecule has 0 heterocycles. The number of hydrogen-bond acceptors (Lipinski definition) is 2. The average molecular weight is 244 g/mol. The Kier molecular flexibility index (Phi) is 3.42. The van der Waals surface area contributed by atoms with Gasteiger partial charge in [0, 0.05) is 0 Å². The Morgan fingerprint density at radius 1 is 1.11 bits per heavy atom. The summed E-state index contributed by atoms with van der Waals surface area (Å²) in [6, 6.07) is 11.3. The average Bonchev–Trinajstić information content (AvgIpc) is 2.34. The second-order valence-corrected chi connectivity index (χ2v) is 4.14. The molecule has 0 amide bonds. The summed E-state index contributed by atoms with van der Waals surface area (Å²) >= 11 is 0. The molecule has 0 aliphatic carbocycles. The summed E-state index contributed by atoms with van der Waals surface area (Å²) in [5, 5.41) is 0. The van der Waals surface area contributed by atoms with Crippen molar-refractivity contribution in [2.45, 2.75) is 13.8 Å². The first-order chi connectivity index (χ1) is 8.58.